The lowest BCUT2D eigenvalue weighted by Gasteiger charge is -2.10. The third kappa shape index (κ3) is 3.32. The molecule has 88 valence electrons. The number of ether oxygens (including phenoxy) is 1. The molecule has 1 atom stereocenters. The quantitative estimate of drug-likeness (QED) is 0.901. The maximum Gasteiger partial charge on any atom is 0.153 e. The van der Waals surface area contributed by atoms with Crippen LogP contribution in [0.4, 0.5) is 0 Å². The van der Waals surface area contributed by atoms with Crippen molar-refractivity contribution in [3.63, 3.8) is 0 Å². The Kier molecular flexibility index (Phi) is 4.96. The van der Waals surface area contributed by atoms with Gasteiger partial charge in [0.1, 0.15) is 5.75 Å². The average Bonchev–Trinajstić information content (AvgIpc) is 2.28. The Hall–Kier alpha value is -0.870. The van der Waals surface area contributed by atoms with E-state index in [2.05, 4.69) is 21.2 Å². The fourth-order valence-corrected chi connectivity index (χ4v) is 1.92. The fraction of sp³-hybridized carbons (Fsp3) is 0.417. The predicted octanol–water partition coefficient (Wildman–Crippen LogP) is 2.18. The van der Waals surface area contributed by atoms with Crippen LogP contribution in [0.1, 0.15) is 12.5 Å². The summed E-state index contributed by atoms with van der Waals surface area (Å²) in [6.45, 7) is 1.86. The number of nitrogens with one attached hydrogen (secondary N) is 1. The molecule has 1 unspecified atom stereocenters. The highest BCUT2D eigenvalue weighted by molar-refractivity contribution is 9.10. The second kappa shape index (κ2) is 6.01. The van der Waals surface area contributed by atoms with Crippen LogP contribution < -0.4 is 10.1 Å². The van der Waals surface area contributed by atoms with Crippen LogP contribution in [0.5, 0.6) is 5.75 Å². The Bertz CT molecular complexity index is 379. The number of hydrogen-bond donors (Lipinski definition) is 1. The summed E-state index contributed by atoms with van der Waals surface area (Å²) < 4.78 is 6.00. The summed E-state index contributed by atoms with van der Waals surface area (Å²) >= 11 is 3.40. The van der Waals surface area contributed by atoms with E-state index in [1.807, 2.05) is 25.1 Å². The Labute approximate surface area is 104 Å². The molecule has 0 aromatic heterocycles. The van der Waals surface area contributed by atoms with E-state index in [0.717, 1.165) is 15.8 Å². The lowest BCUT2D eigenvalue weighted by Crippen LogP contribution is -2.31. The number of ketones is 1. The van der Waals surface area contributed by atoms with E-state index < -0.39 is 0 Å². The number of carbonyl (C=O) groups excluding carboxylic acids is 1. The minimum absolute atomic E-state index is 0.110. The van der Waals surface area contributed by atoms with Gasteiger partial charge in [-0.25, -0.2) is 0 Å². The van der Waals surface area contributed by atoms with Crippen LogP contribution in [0.25, 0.3) is 0 Å². The summed E-state index contributed by atoms with van der Waals surface area (Å²) in [6, 6.07) is 5.57. The molecule has 3 nitrogen and oxygen atoms in total. The molecule has 0 heterocycles. The van der Waals surface area contributed by atoms with Gasteiger partial charge >= 0.3 is 0 Å². The molecule has 1 aromatic carbocycles. The molecular formula is C12H16BrNO2. The van der Waals surface area contributed by atoms with E-state index in [1.165, 1.54) is 0 Å². The summed E-state index contributed by atoms with van der Waals surface area (Å²) in [7, 11) is 3.40. The zero-order valence-electron chi connectivity index (χ0n) is 9.71. The molecule has 0 aliphatic carbocycles. The standard InChI is InChI=1S/C12H16BrNO2/c1-8(14-2)11(15)7-9-4-5-12(16-3)10(13)6-9/h4-6,8,14H,7H2,1-3H3. The number of Topliss-reactive ketones (excluding diaryl/α,β-unsaturated/α-hetero) is 1. The molecule has 0 saturated carbocycles. The maximum atomic E-state index is 11.7. The zero-order chi connectivity index (χ0) is 12.1. The summed E-state index contributed by atoms with van der Waals surface area (Å²) in [5.41, 5.74) is 0.986. The largest absolute Gasteiger partial charge is 0.496 e. The third-order valence-corrected chi connectivity index (χ3v) is 3.13. The van der Waals surface area contributed by atoms with Gasteiger partial charge < -0.3 is 10.1 Å². The topological polar surface area (TPSA) is 38.3 Å². The second-order valence-corrected chi connectivity index (χ2v) is 4.48. The SMILES string of the molecule is CNC(C)C(=O)Cc1ccc(OC)c(Br)c1. The van der Waals surface area contributed by atoms with Crippen LogP contribution >= 0.6 is 15.9 Å². The second-order valence-electron chi connectivity index (χ2n) is 3.62. The average molecular weight is 286 g/mol. The van der Waals surface area contributed by atoms with Gasteiger partial charge in [-0.3, -0.25) is 4.79 Å². The number of carbonyl (C=O) groups is 1. The first kappa shape index (κ1) is 13.2. The van der Waals surface area contributed by atoms with Gasteiger partial charge in [-0.1, -0.05) is 6.07 Å². The van der Waals surface area contributed by atoms with E-state index in [9.17, 15) is 4.79 Å². The molecule has 0 bridgehead atoms. The molecule has 0 fully saturated rings. The molecular weight excluding hydrogens is 270 g/mol. The molecule has 16 heavy (non-hydrogen) atoms. The number of benzene rings is 1. The molecule has 0 saturated heterocycles. The van der Waals surface area contributed by atoms with E-state index in [0.29, 0.717) is 6.42 Å². The molecule has 0 amide bonds. The molecule has 0 spiro atoms. The summed E-state index contributed by atoms with van der Waals surface area (Å²) in [4.78, 5) is 11.7. The van der Waals surface area contributed by atoms with Crippen molar-refractivity contribution in [1.29, 1.82) is 0 Å². The normalized spacial score (nSPS) is 12.2. The van der Waals surface area contributed by atoms with Crippen LogP contribution in [0.3, 0.4) is 0 Å². The van der Waals surface area contributed by atoms with Crippen LogP contribution in [-0.2, 0) is 11.2 Å². The number of rotatable bonds is 5. The third-order valence-electron chi connectivity index (χ3n) is 2.51. The van der Waals surface area contributed by atoms with E-state index in [4.69, 9.17) is 4.74 Å². The Morgan fingerprint density at radius 2 is 2.25 bits per heavy atom. The number of hydrogen-bond acceptors (Lipinski definition) is 3. The van der Waals surface area contributed by atoms with E-state index in [-0.39, 0.29) is 11.8 Å². The Morgan fingerprint density at radius 1 is 1.56 bits per heavy atom. The van der Waals surface area contributed by atoms with Gasteiger partial charge in [0.25, 0.3) is 0 Å². The summed E-state index contributed by atoms with van der Waals surface area (Å²) in [6.07, 6.45) is 0.435. The van der Waals surface area contributed by atoms with Crippen LogP contribution in [0, 0.1) is 0 Å². The van der Waals surface area contributed by atoms with Crippen molar-refractivity contribution in [3.05, 3.63) is 28.2 Å². The zero-order valence-corrected chi connectivity index (χ0v) is 11.3. The van der Waals surface area contributed by atoms with Gasteiger partial charge in [0.05, 0.1) is 17.6 Å². The maximum absolute atomic E-state index is 11.7. The van der Waals surface area contributed by atoms with Crippen molar-refractivity contribution in [1.82, 2.24) is 5.32 Å². The smallest absolute Gasteiger partial charge is 0.153 e. The number of methoxy groups -OCH3 is 1. The molecule has 1 aromatic rings. The fourth-order valence-electron chi connectivity index (χ4n) is 1.34. The van der Waals surface area contributed by atoms with Crippen molar-refractivity contribution >= 4 is 21.7 Å². The van der Waals surface area contributed by atoms with Crippen molar-refractivity contribution in [2.24, 2.45) is 0 Å². The van der Waals surface area contributed by atoms with Gasteiger partial charge in [-0.15, -0.1) is 0 Å². The highest BCUT2D eigenvalue weighted by Gasteiger charge is 2.11. The lowest BCUT2D eigenvalue weighted by molar-refractivity contribution is -0.119. The van der Waals surface area contributed by atoms with Crippen molar-refractivity contribution < 1.29 is 9.53 Å². The molecule has 1 rings (SSSR count). The first-order chi connectivity index (χ1) is 7.58. The highest BCUT2D eigenvalue weighted by Crippen LogP contribution is 2.25. The molecule has 0 aliphatic heterocycles. The van der Waals surface area contributed by atoms with Crippen molar-refractivity contribution in [2.45, 2.75) is 19.4 Å². The van der Waals surface area contributed by atoms with Gasteiger partial charge in [0, 0.05) is 6.42 Å². The predicted molar refractivity (Wildman–Crippen MR) is 67.9 cm³/mol. The minimum Gasteiger partial charge on any atom is -0.496 e. The monoisotopic (exact) mass is 285 g/mol. The molecule has 1 N–H and O–H groups in total. The van der Waals surface area contributed by atoms with Gasteiger partial charge in [0.15, 0.2) is 5.78 Å². The summed E-state index contributed by atoms with van der Waals surface area (Å²) in [5.74, 6) is 0.956. The first-order valence-electron chi connectivity index (χ1n) is 5.11. The Morgan fingerprint density at radius 3 is 2.75 bits per heavy atom. The molecule has 4 heteroatoms. The molecule has 0 aliphatic rings. The van der Waals surface area contributed by atoms with Crippen LogP contribution in [0.15, 0.2) is 22.7 Å². The lowest BCUT2D eigenvalue weighted by atomic mass is 10.0. The van der Waals surface area contributed by atoms with Gasteiger partial charge in [0.2, 0.25) is 0 Å². The van der Waals surface area contributed by atoms with Crippen molar-refractivity contribution in [2.75, 3.05) is 14.2 Å². The highest BCUT2D eigenvalue weighted by atomic mass is 79.9. The Balaban J connectivity index is 2.75. The summed E-state index contributed by atoms with van der Waals surface area (Å²) in [5, 5.41) is 2.94. The number of likely N-dealkylation sites (N-methyl/N-ethyl adjacent to an activating group) is 1. The first-order valence-corrected chi connectivity index (χ1v) is 5.90. The molecule has 0 radical (unpaired) electrons. The van der Waals surface area contributed by atoms with Gasteiger partial charge in [-0.05, 0) is 47.6 Å². The van der Waals surface area contributed by atoms with Crippen molar-refractivity contribution in [3.8, 4) is 5.75 Å². The van der Waals surface area contributed by atoms with Crippen LogP contribution in [0.2, 0.25) is 0 Å². The van der Waals surface area contributed by atoms with E-state index in [1.54, 1.807) is 14.2 Å². The van der Waals surface area contributed by atoms with E-state index >= 15 is 0 Å². The van der Waals surface area contributed by atoms with Crippen LogP contribution in [-0.4, -0.2) is 26.0 Å². The number of halogens is 1. The van der Waals surface area contributed by atoms with Gasteiger partial charge in [-0.2, -0.15) is 0 Å². The minimum atomic E-state index is -0.110.